The summed E-state index contributed by atoms with van der Waals surface area (Å²) in [6.07, 6.45) is 6.17. The van der Waals surface area contributed by atoms with Gasteiger partial charge in [0.05, 0.1) is 10.5 Å². The van der Waals surface area contributed by atoms with Gasteiger partial charge in [0.15, 0.2) is 0 Å². The number of nitro groups is 1. The standard InChI is InChI=1S/C20H25N5O3/c21-19(26)18-11-17(25(27)28)13-23-20(18)22-12-15-7-3-4-8-16(15)14-24-9-5-1-2-6-10-24/h3-4,7-8,11,13H,1-2,5-6,9-10,12,14H2,(H2,21,26)(H,22,23). The molecule has 1 saturated heterocycles. The first-order valence-electron chi connectivity index (χ1n) is 9.52. The van der Waals surface area contributed by atoms with E-state index in [1.807, 2.05) is 18.2 Å². The van der Waals surface area contributed by atoms with Crippen molar-refractivity contribution in [1.29, 1.82) is 0 Å². The number of amides is 1. The lowest BCUT2D eigenvalue weighted by Gasteiger charge is -2.22. The molecule has 3 N–H and O–H groups in total. The van der Waals surface area contributed by atoms with Crippen molar-refractivity contribution in [2.75, 3.05) is 18.4 Å². The zero-order chi connectivity index (χ0) is 19.9. The minimum atomic E-state index is -0.753. The Kier molecular flexibility index (Phi) is 6.54. The second kappa shape index (κ2) is 9.27. The Hall–Kier alpha value is -3.00. The molecular weight excluding hydrogens is 358 g/mol. The van der Waals surface area contributed by atoms with Crippen molar-refractivity contribution >= 4 is 17.4 Å². The van der Waals surface area contributed by atoms with Crippen LogP contribution in [-0.2, 0) is 13.1 Å². The molecule has 1 fully saturated rings. The second-order valence-electron chi connectivity index (χ2n) is 7.02. The van der Waals surface area contributed by atoms with E-state index in [-0.39, 0.29) is 17.1 Å². The molecular formula is C20H25N5O3. The number of benzene rings is 1. The number of nitrogens with one attached hydrogen (secondary N) is 1. The van der Waals surface area contributed by atoms with Crippen LogP contribution in [-0.4, -0.2) is 33.8 Å². The van der Waals surface area contributed by atoms with Crippen molar-refractivity contribution in [2.24, 2.45) is 5.73 Å². The van der Waals surface area contributed by atoms with Gasteiger partial charge >= 0.3 is 0 Å². The Morgan fingerprint density at radius 2 is 1.86 bits per heavy atom. The Morgan fingerprint density at radius 1 is 1.18 bits per heavy atom. The van der Waals surface area contributed by atoms with Crippen LogP contribution < -0.4 is 11.1 Å². The summed E-state index contributed by atoms with van der Waals surface area (Å²) < 4.78 is 0. The van der Waals surface area contributed by atoms with Gasteiger partial charge in [-0.15, -0.1) is 0 Å². The summed E-state index contributed by atoms with van der Waals surface area (Å²) in [5.74, 6) is -0.501. The minimum absolute atomic E-state index is 0.0131. The highest BCUT2D eigenvalue weighted by Crippen LogP contribution is 2.21. The highest BCUT2D eigenvalue weighted by molar-refractivity contribution is 5.98. The highest BCUT2D eigenvalue weighted by Gasteiger charge is 2.17. The van der Waals surface area contributed by atoms with Crippen molar-refractivity contribution < 1.29 is 9.72 Å². The molecule has 1 aliphatic rings. The van der Waals surface area contributed by atoms with Crippen LogP contribution in [0.3, 0.4) is 0 Å². The Labute approximate surface area is 163 Å². The predicted octanol–water partition coefficient (Wildman–Crippen LogP) is 3.08. The van der Waals surface area contributed by atoms with Gasteiger partial charge in [-0.2, -0.15) is 0 Å². The number of aromatic nitrogens is 1. The summed E-state index contributed by atoms with van der Waals surface area (Å²) in [4.78, 5) is 28.5. The van der Waals surface area contributed by atoms with Crippen LogP contribution in [0.2, 0.25) is 0 Å². The van der Waals surface area contributed by atoms with Crippen LogP contribution in [0.1, 0.15) is 47.2 Å². The van der Waals surface area contributed by atoms with E-state index in [2.05, 4.69) is 21.3 Å². The second-order valence-corrected chi connectivity index (χ2v) is 7.02. The molecule has 1 amide bonds. The SMILES string of the molecule is NC(=O)c1cc([N+](=O)[O-])cnc1NCc1ccccc1CN1CCCCCC1. The molecule has 28 heavy (non-hydrogen) atoms. The fourth-order valence-electron chi connectivity index (χ4n) is 3.48. The lowest BCUT2D eigenvalue weighted by Crippen LogP contribution is -2.25. The average molecular weight is 383 g/mol. The Balaban J connectivity index is 1.74. The normalized spacial score (nSPS) is 15.0. The van der Waals surface area contributed by atoms with E-state index in [0.717, 1.165) is 37.5 Å². The first-order chi connectivity index (χ1) is 13.5. The molecule has 0 radical (unpaired) electrons. The van der Waals surface area contributed by atoms with Crippen molar-refractivity contribution in [1.82, 2.24) is 9.88 Å². The summed E-state index contributed by atoms with van der Waals surface area (Å²) in [6.45, 7) is 3.55. The van der Waals surface area contributed by atoms with E-state index in [1.165, 1.54) is 31.2 Å². The van der Waals surface area contributed by atoms with Gasteiger partial charge in [0.2, 0.25) is 0 Å². The third-order valence-electron chi connectivity index (χ3n) is 5.01. The van der Waals surface area contributed by atoms with Gasteiger partial charge in [0.25, 0.3) is 11.6 Å². The van der Waals surface area contributed by atoms with Crippen LogP contribution in [0.25, 0.3) is 0 Å². The van der Waals surface area contributed by atoms with Crippen LogP contribution in [0.4, 0.5) is 11.5 Å². The van der Waals surface area contributed by atoms with Crippen LogP contribution in [0, 0.1) is 10.1 Å². The van der Waals surface area contributed by atoms with Gasteiger partial charge in [-0.1, -0.05) is 37.1 Å². The molecule has 0 unspecified atom stereocenters. The quantitative estimate of drug-likeness (QED) is 0.561. The third kappa shape index (κ3) is 5.04. The number of primary amides is 1. The lowest BCUT2D eigenvalue weighted by atomic mass is 10.1. The number of nitrogens with two attached hydrogens (primary N) is 1. The smallest absolute Gasteiger partial charge is 0.288 e. The van der Waals surface area contributed by atoms with Crippen LogP contribution >= 0.6 is 0 Å². The van der Waals surface area contributed by atoms with Crippen molar-refractivity contribution in [3.05, 3.63) is 63.3 Å². The molecule has 8 nitrogen and oxygen atoms in total. The number of anilines is 1. The fourth-order valence-corrected chi connectivity index (χ4v) is 3.48. The molecule has 8 heteroatoms. The average Bonchev–Trinajstić information content (AvgIpc) is 2.95. The van der Waals surface area contributed by atoms with E-state index in [4.69, 9.17) is 5.73 Å². The summed E-state index contributed by atoms with van der Waals surface area (Å²) in [5, 5.41) is 14.0. The number of hydrogen-bond acceptors (Lipinski definition) is 6. The maximum atomic E-state index is 11.7. The molecule has 148 valence electrons. The number of carbonyl (C=O) groups excluding carboxylic acids is 1. The number of likely N-dealkylation sites (tertiary alicyclic amines) is 1. The molecule has 0 bridgehead atoms. The number of carbonyl (C=O) groups is 1. The van der Waals surface area contributed by atoms with E-state index in [1.54, 1.807) is 0 Å². The molecule has 1 aromatic heterocycles. The Bertz CT molecular complexity index is 847. The molecule has 0 saturated carbocycles. The van der Waals surface area contributed by atoms with Gasteiger partial charge in [0.1, 0.15) is 12.0 Å². The zero-order valence-corrected chi connectivity index (χ0v) is 15.8. The maximum absolute atomic E-state index is 11.7. The molecule has 2 aromatic rings. The van der Waals surface area contributed by atoms with Crippen LogP contribution in [0.5, 0.6) is 0 Å². The van der Waals surface area contributed by atoms with Crippen molar-refractivity contribution in [2.45, 2.75) is 38.8 Å². The molecule has 3 rings (SSSR count). The largest absolute Gasteiger partial charge is 0.365 e. The van der Waals surface area contributed by atoms with Crippen LogP contribution in [0.15, 0.2) is 36.5 Å². The number of rotatable bonds is 7. The highest BCUT2D eigenvalue weighted by atomic mass is 16.6. The third-order valence-corrected chi connectivity index (χ3v) is 5.01. The zero-order valence-electron chi connectivity index (χ0n) is 15.8. The van der Waals surface area contributed by atoms with Crippen molar-refractivity contribution in [3.63, 3.8) is 0 Å². The molecule has 1 aromatic carbocycles. The van der Waals surface area contributed by atoms with Gasteiger partial charge in [-0.25, -0.2) is 4.98 Å². The lowest BCUT2D eigenvalue weighted by molar-refractivity contribution is -0.385. The van der Waals surface area contributed by atoms with Gasteiger partial charge in [-0.05, 0) is 37.1 Å². The van der Waals surface area contributed by atoms with Gasteiger partial charge < -0.3 is 11.1 Å². The first-order valence-corrected chi connectivity index (χ1v) is 9.52. The number of pyridine rings is 1. The monoisotopic (exact) mass is 383 g/mol. The summed E-state index contributed by atoms with van der Waals surface area (Å²) in [5.41, 5.74) is 7.44. The molecule has 1 aliphatic heterocycles. The molecule has 0 spiro atoms. The molecule has 2 heterocycles. The topological polar surface area (TPSA) is 114 Å². The van der Waals surface area contributed by atoms with E-state index in [0.29, 0.717) is 6.54 Å². The van der Waals surface area contributed by atoms with Crippen molar-refractivity contribution in [3.8, 4) is 0 Å². The van der Waals surface area contributed by atoms with E-state index in [9.17, 15) is 14.9 Å². The maximum Gasteiger partial charge on any atom is 0.288 e. The minimum Gasteiger partial charge on any atom is -0.365 e. The number of hydrogen-bond donors (Lipinski definition) is 2. The van der Waals surface area contributed by atoms with E-state index >= 15 is 0 Å². The summed E-state index contributed by atoms with van der Waals surface area (Å²) in [6, 6.07) is 9.30. The fraction of sp³-hybridized carbons (Fsp3) is 0.400. The number of nitrogens with zero attached hydrogens (tertiary/aromatic N) is 3. The first kappa shape index (κ1) is 19.8. The molecule has 0 aliphatic carbocycles. The summed E-state index contributed by atoms with van der Waals surface area (Å²) >= 11 is 0. The summed E-state index contributed by atoms with van der Waals surface area (Å²) in [7, 11) is 0. The van der Waals surface area contributed by atoms with Gasteiger partial charge in [0, 0.05) is 19.2 Å². The van der Waals surface area contributed by atoms with Gasteiger partial charge in [-0.3, -0.25) is 19.8 Å². The van der Waals surface area contributed by atoms with E-state index < -0.39 is 10.8 Å². The molecule has 0 atom stereocenters. The Morgan fingerprint density at radius 3 is 2.50 bits per heavy atom. The predicted molar refractivity (Wildman–Crippen MR) is 107 cm³/mol.